The first-order chi connectivity index (χ1) is 9.13. The van der Waals surface area contributed by atoms with Gasteiger partial charge in [0.05, 0.1) is 0 Å². The summed E-state index contributed by atoms with van der Waals surface area (Å²) in [5, 5.41) is 3.48. The molecule has 19 heavy (non-hydrogen) atoms. The molecule has 0 saturated carbocycles. The number of piperidine rings is 1. The largest absolute Gasteiger partial charge is 0.317 e. The Hall–Kier alpha value is -0.860. The highest BCUT2D eigenvalue weighted by molar-refractivity contribution is 5.21. The first-order valence-electron chi connectivity index (χ1n) is 7.58. The zero-order chi connectivity index (χ0) is 13.7. The predicted octanol–water partition coefficient (Wildman–Crippen LogP) is 3.21. The van der Waals surface area contributed by atoms with Crippen molar-refractivity contribution in [2.24, 2.45) is 5.41 Å². The standard InChI is InChI=1S/C17H28N2/c1-4-17(9-11-18-12-10-17)14-19(3)13-16-7-5-15(2)6-8-16/h5-8,18H,4,9-14H2,1-3H3. The lowest BCUT2D eigenvalue weighted by Gasteiger charge is -2.40. The van der Waals surface area contributed by atoms with Crippen LogP contribution < -0.4 is 5.32 Å². The molecule has 106 valence electrons. The van der Waals surface area contributed by atoms with Gasteiger partial charge in [-0.2, -0.15) is 0 Å². The predicted molar refractivity (Wildman–Crippen MR) is 82.3 cm³/mol. The molecular weight excluding hydrogens is 232 g/mol. The number of benzene rings is 1. The molecular formula is C17H28N2. The van der Waals surface area contributed by atoms with Gasteiger partial charge < -0.3 is 10.2 Å². The Morgan fingerprint density at radius 1 is 1.16 bits per heavy atom. The van der Waals surface area contributed by atoms with Gasteiger partial charge in [0, 0.05) is 13.1 Å². The summed E-state index contributed by atoms with van der Waals surface area (Å²) >= 11 is 0. The van der Waals surface area contributed by atoms with Gasteiger partial charge in [0.25, 0.3) is 0 Å². The van der Waals surface area contributed by atoms with Crippen LogP contribution in [0.2, 0.25) is 0 Å². The number of aryl methyl sites for hydroxylation is 1. The third-order valence-electron chi connectivity index (χ3n) is 4.59. The topological polar surface area (TPSA) is 15.3 Å². The van der Waals surface area contributed by atoms with Gasteiger partial charge >= 0.3 is 0 Å². The summed E-state index contributed by atoms with van der Waals surface area (Å²) in [6.07, 6.45) is 3.94. The molecule has 1 N–H and O–H groups in total. The van der Waals surface area contributed by atoms with Crippen LogP contribution in [0, 0.1) is 12.3 Å². The summed E-state index contributed by atoms with van der Waals surface area (Å²) < 4.78 is 0. The van der Waals surface area contributed by atoms with Crippen molar-refractivity contribution < 1.29 is 0 Å². The first-order valence-corrected chi connectivity index (χ1v) is 7.58. The second-order valence-corrected chi connectivity index (χ2v) is 6.26. The molecule has 0 aliphatic carbocycles. The van der Waals surface area contributed by atoms with Crippen molar-refractivity contribution in [1.82, 2.24) is 10.2 Å². The fourth-order valence-electron chi connectivity index (χ4n) is 3.21. The molecule has 1 fully saturated rings. The molecule has 0 amide bonds. The highest BCUT2D eigenvalue weighted by Gasteiger charge is 2.31. The van der Waals surface area contributed by atoms with Crippen molar-refractivity contribution in [3.63, 3.8) is 0 Å². The second kappa shape index (κ2) is 6.53. The van der Waals surface area contributed by atoms with Gasteiger partial charge in [0.2, 0.25) is 0 Å². The second-order valence-electron chi connectivity index (χ2n) is 6.26. The minimum absolute atomic E-state index is 0.532. The molecule has 0 unspecified atom stereocenters. The highest BCUT2D eigenvalue weighted by atomic mass is 15.1. The van der Waals surface area contributed by atoms with E-state index < -0.39 is 0 Å². The van der Waals surface area contributed by atoms with Crippen molar-refractivity contribution in [1.29, 1.82) is 0 Å². The average Bonchev–Trinajstić information content (AvgIpc) is 2.42. The highest BCUT2D eigenvalue weighted by Crippen LogP contribution is 2.33. The fraction of sp³-hybridized carbons (Fsp3) is 0.647. The normalized spacial score (nSPS) is 18.7. The van der Waals surface area contributed by atoms with Gasteiger partial charge in [0.1, 0.15) is 0 Å². The van der Waals surface area contributed by atoms with Crippen molar-refractivity contribution in [3.05, 3.63) is 35.4 Å². The van der Waals surface area contributed by atoms with Crippen molar-refractivity contribution in [2.75, 3.05) is 26.7 Å². The molecule has 2 nitrogen and oxygen atoms in total. The van der Waals surface area contributed by atoms with Crippen LogP contribution in [0.15, 0.2) is 24.3 Å². The van der Waals surface area contributed by atoms with Gasteiger partial charge in [0.15, 0.2) is 0 Å². The van der Waals surface area contributed by atoms with E-state index in [1.54, 1.807) is 0 Å². The molecule has 0 aromatic heterocycles. The lowest BCUT2D eigenvalue weighted by atomic mass is 9.76. The summed E-state index contributed by atoms with van der Waals surface area (Å²) in [5.41, 5.74) is 3.30. The monoisotopic (exact) mass is 260 g/mol. The molecule has 0 bridgehead atoms. The number of nitrogens with one attached hydrogen (secondary N) is 1. The Bertz CT molecular complexity index is 377. The van der Waals surface area contributed by atoms with Crippen molar-refractivity contribution >= 4 is 0 Å². The van der Waals surface area contributed by atoms with Crippen LogP contribution in [-0.4, -0.2) is 31.6 Å². The summed E-state index contributed by atoms with van der Waals surface area (Å²) in [5.74, 6) is 0. The summed E-state index contributed by atoms with van der Waals surface area (Å²) in [4.78, 5) is 2.50. The Morgan fingerprint density at radius 3 is 2.37 bits per heavy atom. The maximum Gasteiger partial charge on any atom is 0.0230 e. The van der Waals surface area contributed by atoms with Crippen molar-refractivity contribution in [2.45, 2.75) is 39.7 Å². The fourth-order valence-corrected chi connectivity index (χ4v) is 3.21. The van der Waals surface area contributed by atoms with Crippen LogP contribution >= 0.6 is 0 Å². The van der Waals surface area contributed by atoms with Crippen molar-refractivity contribution in [3.8, 4) is 0 Å². The van der Waals surface area contributed by atoms with E-state index >= 15 is 0 Å². The van der Waals surface area contributed by atoms with Crippen LogP contribution in [0.25, 0.3) is 0 Å². The van der Waals surface area contributed by atoms with E-state index in [1.807, 2.05) is 0 Å². The maximum atomic E-state index is 3.48. The molecule has 1 heterocycles. The Balaban J connectivity index is 1.92. The van der Waals surface area contributed by atoms with E-state index in [4.69, 9.17) is 0 Å². The number of nitrogens with zero attached hydrogens (tertiary/aromatic N) is 1. The van der Waals surface area contributed by atoms with E-state index in [2.05, 4.69) is 55.4 Å². The molecule has 0 radical (unpaired) electrons. The van der Waals surface area contributed by atoms with E-state index in [9.17, 15) is 0 Å². The van der Waals surface area contributed by atoms with Crippen LogP contribution in [0.1, 0.15) is 37.3 Å². The quantitative estimate of drug-likeness (QED) is 0.874. The molecule has 1 aromatic carbocycles. The molecule has 1 saturated heterocycles. The Morgan fingerprint density at radius 2 is 1.79 bits per heavy atom. The third-order valence-corrected chi connectivity index (χ3v) is 4.59. The smallest absolute Gasteiger partial charge is 0.0230 e. The Kier molecular flexibility index (Phi) is 5.00. The molecule has 0 atom stereocenters. The summed E-state index contributed by atoms with van der Waals surface area (Å²) in [6, 6.07) is 8.94. The molecule has 1 aliphatic rings. The molecule has 1 aliphatic heterocycles. The number of hydrogen-bond acceptors (Lipinski definition) is 2. The molecule has 0 spiro atoms. The van der Waals surface area contributed by atoms with Crippen LogP contribution in [0.4, 0.5) is 0 Å². The maximum absolute atomic E-state index is 3.48. The van der Waals surface area contributed by atoms with Gasteiger partial charge in [-0.1, -0.05) is 36.8 Å². The first kappa shape index (κ1) is 14.5. The lowest BCUT2D eigenvalue weighted by molar-refractivity contribution is 0.119. The van der Waals surface area contributed by atoms with Crippen LogP contribution in [-0.2, 0) is 6.54 Å². The van der Waals surface area contributed by atoms with E-state index in [-0.39, 0.29) is 0 Å². The van der Waals surface area contributed by atoms with Gasteiger partial charge in [-0.15, -0.1) is 0 Å². The van der Waals surface area contributed by atoms with Gasteiger partial charge in [-0.05, 0) is 57.3 Å². The summed E-state index contributed by atoms with van der Waals surface area (Å²) in [6.45, 7) is 9.16. The third kappa shape index (κ3) is 4.05. The summed E-state index contributed by atoms with van der Waals surface area (Å²) in [7, 11) is 2.26. The Labute approximate surface area is 118 Å². The van der Waals surface area contributed by atoms with Gasteiger partial charge in [-0.3, -0.25) is 0 Å². The lowest BCUT2D eigenvalue weighted by Crippen LogP contribution is -2.43. The zero-order valence-electron chi connectivity index (χ0n) is 12.7. The van der Waals surface area contributed by atoms with Crippen LogP contribution in [0.3, 0.4) is 0 Å². The van der Waals surface area contributed by atoms with Gasteiger partial charge in [-0.25, -0.2) is 0 Å². The minimum atomic E-state index is 0.532. The molecule has 2 heteroatoms. The molecule has 2 rings (SSSR count). The van der Waals surface area contributed by atoms with E-state index in [1.165, 1.54) is 50.0 Å². The SMILES string of the molecule is CCC1(CN(C)Cc2ccc(C)cc2)CCNCC1. The van der Waals surface area contributed by atoms with E-state index in [0.717, 1.165) is 6.54 Å². The number of rotatable bonds is 5. The minimum Gasteiger partial charge on any atom is -0.317 e. The number of hydrogen-bond donors (Lipinski definition) is 1. The average molecular weight is 260 g/mol. The van der Waals surface area contributed by atoms with Crippen LogP contribution in [0.5, 0.6) is 0 Å². The van der Waals surface area contributed by atoms with E-state index in [0.29, 0.717) is 5.41 Å². The molecule has 1 aromatic rings. The zero-order valence-corrected chi connectivity index (χ0v) is 12.7.